The van der Waals surface area contributed by atoms with Gasteiger partial charge in [0.15, 0.2) is 5.69 Å². The van der Waals surface area contributed by atoms with Crippen molar-refractivity contribution >= 4 is 16.0 Å². The lowest BCUT2D eigenvalue weighted by molar-refractivity contribution is 0.0690. The molecule has 0 amide bonds. The fourth-order valence-corrected chi connectivity index (χ4v) is 4.08. The van der Waals surface area contributed by atoms with Crippen molar-refractivity contribution in [1.29, 1.82) is 0 Å². The van der Waals surface area contributed by atoms with Crippen molar-refractivity contribution in [1.82, 2.24) is 19.3 Å². The first-order chi connectivity index (χ1) is 9.08. The molecule has 9 heteroatoms. The summed E-state index contributed by atoms with van der Waals surface area (Å²) in [5, 5.41) is 16.0. The van der Waals surface area contributed by atoms with E-state index in [2.05, 4.69) is 10.3 Å². The third-order valence-corrected chi connectivity index (χ3v) is 5.26. The van der Waals surface area contributed by atoms with Crippen molar-refractivity contribution in [2.45, 2.75) is 26.8 Å². The molecule has 20 heavy (non-hydrogen) atoms. The summed E-state index contributed by atoms with van der Waals surface area (Å²) in [7, 11) is -3.28. The van der Waals surface area contributed by atoms with E-state index in [1.807, 2.05) is 20.8 Å². The maximum atomic E-state index is 12.1. The van der Waals surface area contributed by atoms with Gasteiger partial charge in [0.2, 0.25) is 10.0 Å². The van der Waals surface area contributed by atoms with Crippen LogP contribution in [0.3, 0.4) is 0 Å². The molecule has 1 aliphatic rings. The van der Waals surface area contributed by atoms with Crippen LogP contribution in [0.1, 0.15) is 37.3 Å². The molecule has 0 aliphatic carbocycles. The topological polar surface area (TPSA) is 105 Å². The lowest BCUT2D eigenvalue weighted by Crippen LogP contribution is -2.52. The van der Waals surface area contributed by atoms with E-state index in [1.165, 1.54) is 15.2 Å². The highest BCUT2D eigenvalue weighted by atomic mass is 32.2. The number of rotatable bonds is 4. The number of hydrogen-bond donors (Lipinski definition) is 1. The van der Waals surface area contributed by atoms with Gasteiger partial charge >= 0.3 is 5.97 Å². The monoisotopic (exact) mass is 302 g/mol. The number of carbonyl (C=O) groups is 1. The van der Waals surface area contributed by atoms with Crippen molar-refractivity contribution in [2.75, 3.05) is 18.8 Å². The second-order valence-electron chi connectivity index (χ2n) is 6.18. The summed E-state index contributed by atoms with van der Waals surface area (Å²) in [6, 6.07) is -0.148. The highest BCUT2D eigenvalue weighted by molar-refractivity contribution is 7.89. The third kappa shape index (κ3) is 3.15. The molecule has 0 radical (unpaired) electrons. The maximum absolute atomic E-state index is 12.1. The molecule has 8 nitrogen and oxygen atoms in total. The predicted octanol–water partition coefficient (Wildman–Crippen LogP) is 0.209. The minimum atomic E-state index is -3.28. The van der Waals surface area contributed by atoms with Crippen LogP contribution < -0.4 is 0 Å². The van der Waals surface area contributed by atoms with Gasteiger partial charge in [-0.25, -0.2) is 17.9 Å². The standard InChI is InChI=1S/C11H18N4O4S/c1-11(2,3)7-20(18,19)14-4-8(5-14)15-6-9(10(16)17)12-13-15/h6,8H,4-5,7H2,1-3H3,(H,16,17). The van der Waals surface area contributed by atoms with Crippen molar-refractivity contribution in [3.63, 3.8) is 0 Å². The summed E-state index contributed by atoms with van der Waals surface area (Å²) in [6.07, 6.45) is 1.32. The summed E-state index contributed by atoms with van der Waals surface area (Å²) in [4.78, 5) is 10.7. The van der Waals surface area contributed by atoms with Crippen LogP contribution in [-0.4, -0.2) is 57.6 Å². The Morgan fingerprint density at radius 3 is 2.50 bits per heavy atom. The van der Waals surface area contributed by atoms with Crippen molar-refractivity contribution in [3.05, 3.63) is 11.9 Å². The largest absolute Gasteiger partial charge is 0.476 e. The highest BCUT2D eigenvalue weighted by Gasteiger charge is 2.39. The van der Waals surface area contributed by atoms with E-state index in [-0.39, 0.29) is 22.9 Å². The minimum Gasteiger partial charge on any atom is -0.476 e. The van der Waals surface area contributed by atoms with Crippen LogP contribution in [0.25, 0.3) is 0 Å². The summed E-state index contributed by atoms with van der Waals surface area (Å²) >= 11 is 0. The van der Waals surface area contributed by atoms with Gasteiger partial charge in [0, 0.05) is 13.1 Å². The Labute approximate surface area is 117 Å². The van der Waals surface area contributed by atoms with Gasteiger partial charge in [-0.15, -0.1) is 5.10 Å². The normalized spacial score (nSPS) is 17.9. The molecule has 0 spiro atoms. The molecule has 1 aromatic heterocycles. The van der Waals surface area contributed by atoms with Crippen LogP contribution in [0.15, 0.2) is 6.20 Å². The van der Waals surface area contributed by atoms with Crippen LogP contribution >= 0.6 is 0 Å². The summed E-state index contributed by atoms with van der Waals surface area (Å²) in [6.45, 7) is 6.23. The van der Waals surface area contributed by atoms with E-state index in [4.69, 9.17) is 5.11 Å². The molecule has 1 N–H and O–H groups in total. The molecular formula is C11H18N4O4S. The average molecular weight is 302 g/mol. The van der Waals surface area contributed by atoms with Gasteiger partial charge in [0.1, 0.15) is 0 Å². The first kappa shape index (κ1) is 14.9. The first-order valence-electron chi connectivity index (χ1n) is 6.21. The lowest BCUT2D eigenvalue weighted by Gasteiger charge is -2.38. The molecule has 0 saturated carbocycles. The molecule has 1 aliphatic heterocycles. The number of nitrogens with zero attached hydrogens (tertiary/aromatic N) is 4. The smallest absolute Gasteiger partial charge is 0.358 e. The quantitative estimate of drug-likeness (QED) is 0.852. The molecular weight excluding hydrogens is 284 g/mol. The Hall–Kier alpha value is -1.48. The first-order valence-corrected chi connectivity index (χ1v) is 7.82. The summed E-state index contributed by atoms with van der Waals surface area (Å²) in [5.74, 6) is -1.06. The third-order valence-electron chi connectivity index (χ3n) is 2.94. The van der Waals surface area contributed by atoms with Crippen molar-refractivity contribution in [2.24, 2.45) is 5.41 Å². The summed E-state index contributed by atoms with van der Waals surface area (Å²) < 4.78 is 27.0. The number of aromatic nitrogens is 3. The molecule has 1 fully saturated rings. The van der Waals surface area contributed by atoms with Gasteiger partial charge < -0.3 is 5.11 Å². The number of aromatic carboxylic acids is 1. The molecule has 112 valence electrons. The van der Waals surface area contributed by atoms with Crippen LogP contribution in [0.5, 0.6) is 0 Å². The summed E-state index contributed by atoms with van der Waals surface area (Å²) in [5.41, 5.74) is -0.436. The Balaban J connectivity index is 1.98. The molecule has 0 unspecified atom stereocenters. The van der Waals surface area contributed by atoms with E-state index in [1.54, 1.807) is 0 Å². The number of hydrogen-bond acceptors (Lipinski definition) is 5. The van der Waals surface area contributed by atoms with Crippen LogP contribution in [0.4, 0.5) is 0 Å². The molecule has 1 aromatic rings. The van der Waals surface area contributed by atoms with Gasteiger partial charge in [0.05, 0.1) is 18.0 Å². The number of sulfonamides is 1. The SMILES string of the molecule is CC(C)(C)CS(=O)(=O)N1CC(n2cc(C(=O)O)nn2)C1. The van der Waals surface area contributed by atoms with E-state index in [0.717, 1.165) is 0 Å². The van der Waals surface area contributed by atoms with E-state index in [9.17, 15) is 13.2 Å². The number of carboxylic acid groups (broad SMARTS) is 1. The zero-order chi connectivity index (χ0) is 15.1. The Morgan fingerprint density at radius 1 is 1.45 bits per heavy atom. The minimum absolute atomic E-state index is 0.0878. The molecule has 2 heterocycles. The van der Waals surface area contributed by atoms with Gasteiger partial charge in [-0.1, -0.05) is 26.0 Å². The van der Waals surface area contributed by atoms with Crippen molar-refractivity contribution < 1.29 is 18.3 Å². The van der Waals surface area contributed by atoms with Gasteiger partial charge in [-0.2, -0.15) is 4.31 Å². The van der Waals surface area contributed by atoms with E-state index in [0.29, 0.717) is 13.1 Å². The lowest BCUT2D eigenvalue weighted by atomic mass is 10.0. The maximum Gasteiger partial charge on any atom is 0.358 e. The predicted molar refractivity (Wildman–Crippen MR) is 70.8 cm³/mol. The van der Waals surface area contributed by atoms with E-state index < -0.39 is 16.0 Å². The van der Waals surface area contributed by atoms with Gasteiger partial charge in [0.25, 0.3) is 0 Å². The second kappa shape index (κ2) is 4.81. The number of carboxylic acids is 1. The fourth-order valence-electron chi connectivity index (χ4n) is 2.00. The van der Waals surface area contributed by atoms with Crippen LogP contribution in [0.2, 0.25) is 0 Å². The second-order valence-corrected chi connectivity index (χ2v) is 8.15. The Morgan fingerprint density at radius 2 is 2.05 bits per heavy atom. The van der Waals surface area contributed by atoms with Crippen LogP contribution in [0, 0.1) is 5.41 Å². The highest BCUT2D eigenvalue weighted by Crippen LogP contribution is 2.27. The van der Waals surface area contributed by atoms with Crippen LogP contribution in [-0.2, 0) is 10.0 Å². The zero-order valence-corrected chi connectivity index (χ0v) is 12.5. The van der Waals surface area contributed by atoms with Gasteiger partial charge in [-0.3, -0.25) is 0 Å². The van der Waals surface area contributed by atoms with Crippen molar-refractivity contribution in [3.8, 4) is 0 Å². The van der Waals surface area contributed by atoms with Gasteiger partial charge in [-0.05, 0) is 5.41 Å². The molecule has 0 atom stereocenters. The average Bonchev–Trinajstić information content (AvgIpc) is 2.59. The molecule has 0 bridgehead atoms. The molecule has 2 rings (SSSR count). The Kier molecular flexibility index (Phi) is 3.59. The molecule has 1 saturated heterocycles. The fraction of sp³-hybridized carbons (Fsp3) is 0.727. The van der Waals surface area contributed by atoms with E-state index >= 15 is 0 Å². The molecule has 0 aromatic carbocycles. The zero-order valence-electron chi connectivity index (χ0n) is 11.6. The Bertz CT molecular complexity index is 611.